The predicted octanol–water partition coefficient (Wildman–Crippen LogP) is 4.59. The molecule has 2 nitrogen and oxygen atoms in total. The summed E-state index contributed by atoms with van der Waals surface area (Å²) in [4.78, 5) is 2.09. The Kier molecular flexibility index (Phi) is 4.18. The molecule has 0 atom stereocenters. The smallest absolute Gasteiger partial charge is 0.371 e. The Balaban J connectivity index is 2.30. The molecule has 0 spiro atoms. The molecular weight excluding hydrogens is 277 g/mol. The van der Waals surface area contributed by atoms with Crippen LogP contribution in [0.15, 0.2) is 18.2 Å². The number of alkyl halides is 3. The van der Waals surface area contributed by atoms with Gasteiger partial charge >= 0.3 is 6.18 Å². The SMILES string of the molecule is CCC1(CC)CCN(c2ccc(C(F)(F)F)c(C#N)c2)C1. The number of anilines is 1. The summed E-state index contributed by atoms with van der Waals surface area (Å²) in [5.74, 6) is 0. The monoisotopic (exact) mass is 296 g/mol. The summed E-state index contributed by atoms with van der Waals surface area (Å²) in [5.41, 5.74) is -0.200. The predicted molar refractivity (Wildman–Crippen MR) is 76.0 cm³/mol. The molecule has 1 aromatic rings. The van der Waals surface area contributed by atoms with E-state index in [0.29, 0.717) is 5.69 Å². The molecule has 0 bridgehead atoms. The number of benzene rings is 1. The van der Waals surface area contributed by atoms with Gasteiger partial charge in [-0.3, -0.25) is 0 Å². The van der Waals surface area contributed by atoms with E-state index in [4.69, 9.17) is 5.26 Å². The average molecular weight is 296 g/mol. The van der Waals surface area contributed by atoms with E-state index in [1.807, 2.05) is 0 Å². The second-order valence-corrected chi connectivity index (χ2v) is 5.72. The van der Waals surface area contributed by atoms with Crippen LogP contribution < -0.4 is 4.90 Å². The van der Waals surface area contributed by atoms with Gasteiger partial charge in [-0.15, -0.1) is 0 Å². The lowest BCUT2D eigenvalue weighted by atomic mass is 9.82. The molecule has 0 N–H and O–H groups in total. The summed E-state index contributed by atoms with van der Waals surface area (Å²) in [6.45, 7) is 5.98. The van der Waals surface area contributed by atoms with E-state index in [1.165, 1.54) is 12.1 Å². The van der Waals surface area contributed by atoms with Crippen LogP contribution >= 0.6 is 0 Å². The highest BCUT2D eigenvalue weighted by Gasteiger charge is 2.37. The lowest BCUT2D eigenvalue weighted by Crippen LogP contribution is -2.26. The molecule has 0 aliphatic carbocycles. The van der Waals surface area contributed by atoms with Crippen molar-refractivity contribution in [1.82, 2.24) is 0 Å². The van der Waals surface area contributed by atoms with E-state index in [0.717, 1.165) is 38.4 Å². The molecule has 1 aromatic carbocycles. The molecule has 114 valence electrons. The van der Waals surface area contributed by atoms with Gasteiger partial charge in [0.25, 0.3) is 0 Å². The Bertz CT molecular complexity index is 554. The first kappa shape index (κ1) is 15.7. The van der Waals surface area contributed by atoms with E-state index >= 15 is 0 Å². The largest absolute Gasteiger partial charge is 0.417 e. The molecular formula is C16H19F3N2. The second-order valence-electron chi connectivity index (χ2n) is 5.72. The van der Waals surface area contributed by atoms with Crippen molar-refractivity contribution in [2.24, 2.45) is 5.41 Å². The zero-order chi connectivity index (χ0) is 15.7. The Morgan fingerprint density at radius 1 is 1.29 bits per heavy atom. The molecule has 0 radical (unpaired) electrons. The van der Waals surface area contributed by atoms with Crippen molar-refractivity contribution in [3.8, 4) is 6.07 Å². The maximum absolute atomic E-state index is 12.8. The van der Waals surface area contributed by atoms with Gasteiger partial charge in [-0.05, 0) is 42.9 Å². The molecule has 0 aromatic heterocycles. The molecule has 0 saturated carbocycles. The van der Waals surface area contributed by atoms with Crippen LogP contribution in [0.1, 0.15) is 44.2 Å². The minimum absolute atomic E-state index is 0.246. The van der Waals surface area contributed by atoms with Gasteiger partial charge in [0.15, 0.2) is 0 Å². The number of halogens is 3. The van der Waals surface area contributed by atoms with Crippen molar-refractivity contribution >= 4 is 5.69 Å². The van der Waals surface area contributed by atoms with Crippen LogP contribution in [0.2, 0.25) is 0 Å². The molecule has 1 fully saturated rings. The zero-order valence-corrected chi connectivity index (χ0v) is 12.3. The number of nitriles is 1. The Morgan fingerprint density at radius 2 is 1.95 bits per heavy atom. The fraction of sp³-hybridized carbons (Fsp3) is 0.562. The van der Waals surface area contributed by atoms with Crippen LogP contribution in [0.4, 0.5) is 18.9 Å². The van der Waals surface area contributed by atoms with E-state index in [2.05, 4.69) is 18.7 Å². The molecule has 1 aliphatic heterocycles. The Morgan fingerprint density at radius 3 is 2.43 bits per heavy atom. The first-order chi connectivity index (χ1) is 9.85. The third kappa shape index (κ3) is 2.99. The molecule has 0 amide bonds. The van der Waals surface area contributed by atoms with Gasteiger partial charge < -0.3 is 4.90 Å². The molecule has 1 aliphatic rings. The summed E-state index contributed by atoms with van der Waals surface area (Å²) >= 11 is 0. The topological polar surface area (TPSA) is 27.0 Å². The highest BCUT2D eigenvalue weighted by Crippen LogP contribution is 2.40. The summed E-state index contributed by atoms with van der Waals surface area (Å²) < 4.78 is 38.4. The van der Waals surface area contributed by atoms with Crippen LogP contribution in [0.25, 0.3) is 0 Å². The second kappa shape index (κ2) is 5.59. The van der Waals surface area contributed by atoms with Crippen molar-refractivity contribution in [3.05, 3.63) is 29.3 Å². The van der Waals surface area contributed by atoms with Crippen LogP contribution in [0.5, 0.6) is 0 Å². The summed E-state index contributed by atoms with van der Waals surface area (Å²) in [5, 5.41) is 8.98. The van der Waals surface area contributed by atoms with Gasteiger partial charge in [0.1, 0.15) is 0 Å². The third-order valence-electron chi connectivity index (χ3n) is 4.73. The highest BCUT2D eigenvalue weighted by atomic mass is 19.4. The van der Waals surface area contributed by atoms with Gasteiger partial charge in [0.2, 0.25) is 0 Å². The number of rotatable bonds is 3. The normalized spacial score (nSPS) is 17.8. The van der Waals surface area contributed by atoms with Gasteiger partial charge in [0.05, 0.1) is 17.2 Å². The number of hydrogen-bond acceptors (Lipinski definition) is 2. The lowest BCUT2D eigenvalue weighted by Gasteiger charge is -2.27. The van der Waals surface area contributed by atoms with Crippen molar-refractivity contribution in [1.29, 1.82) is 5.26 Å². The van der Waals surface area contributed by atoms with E-state index < -0.39 is 11.7 Å². The maximum atomic E-state index is 12.8. The van der Waals surface area contributed by atoms with Gasteiger partial charge in [0, 0.05) is 18.8 Å². The van der Waals surface area contributed by atoms with Gasteiger partial charge in [-0.1, -0.05) is 13.8 Å². The lowest BCUT2D eigenvalue weighted by molar-refractivity contribution is -0.137. The summed E-state index contributed by atoms with van der Waals surface area (Å²) in [6, 6.07) is 5.53. The molecule has 1 heterocycles. The minimum Gasteiger partial charge on any atom is -0.371 e. The van der Waals surface area contributed by atoms with Crippen LogP contribution in [-0.4, -0.2) is 13.1 Å². The van der Waals surface area contributed by atoms with Crippen molar-refractivity contribution in [2.75, 3.05) is 18.0 Å². The summed E-state index contributed by atoms with van der Waals surface area (Å²) in [7, 11) is 0. The van der Waals surface area contributed by atoms with E-state index in [-0.39, 0.29) is 11.0 Å². The van der Waals surface area contributed by atoms with E-state index in [9.17, 15) is 13.2 Å². The fourth-order valence-corrected chi connectivity index (χ4v) is 3.05. The van der Waals surface area contributed by atoms with Crippen molar-refractivity contribution in [3.63, 3.8) is 0 Å². The fourth-order valence-electron chi connectivity index (χ4n) is 3.05. The van der Waals surface area contributed by atoms with Crippen LogP contribution in [0, 0.1) is 16.7 Å². The quantitative estimate of drug-likeness (QED) is 0.815. The van der Waals surface area contributed by atoms with E-state index in [1.54, 1.807) is 6.07 Å². The third-order valence-corrected chi connectivity index (χ3v) is 4.73. The summed E-state index contributed by atoms with van der Waals surface area (Å²) in [6.07, 6.45) is -1.31. The van der Waals surface area contributed by atoms with Gasteiger partial charge in [-0.25, -0.2) is 0 Å². The first-order valence-corrected chi connectivity index (χ1v) is 7.21. The molecule has 1 saturated heterocycles. The first-order valence-electron chi connectivity index (χ1n) is 7.21. The van der Waals surface area contributed by atoms with Crippen molar-refractivity contribution < 1.29 is 13.2 Å². The molecule has 5 heteroatoms. The molecule has 21 heavy (non-hydrogen) atoms. The molecule has 0 unspecified atom stereocenters. The van der Waals surface area contributed by atoms with Crippen LogP contribution in [0.3, 0.4) is 0 Å². The van der Waals surface area contributed by atoms with Crippen molar-refractivity contribution in [2.45, 2.75) is 39.3 Å². The van der Waals surface area contributed by atoms with Gasteiger partial charge in [-0.2, -0.15) is 18.4 Å². The Labute approximate surface area is 123 Å². The number of nitrogens with zero attached hydrogens (tertiary/aromatic N) is 2. The van der Waals surface area contributed by atoms with Crippen LogP contribution in [-0.2, 0) is 6.18 Å². The molecule has 2 rings (SSSR count). The minimum atomic E-state index is -4.48. The maximum Gasteiger partial charge on any atom is 0.417 e. The standard InChI is InChI=1S/C16H19F3N2/c1-3-15(4-2)7-8-21(11-15)13-5-6-14(16(17,18)19)12(9-13)10-20/h5-6,9H,3-4,7-8,11H2,1-2H3. The average Bonchev–Trinajstić information content (AvgIpc) is 2.91. The Hall–Kier alpha value is -1.70. The zero-order valence-electron chi connectivity index (χ0n) is 12.3. The highest BCUT2D eigenvalue weighted by molar-refractivity contribution is 5.56. The number of hydrogen-bond donors (Lipinski definition) is 0.